The van der Waals surface area contributed by atoms with Gasteiger partial charge in [-0.05, 0) is 53.8 Å². The summed E-state index contributed by atoms with van der Waals surface area (Å²) in [6.07, 6.45) is -4.59. The molecule has 0 spiro atoms. The van der Waals surface area contributed by atoms with Crippen LogP contribution in [0.3, 0.4) is 0 Å². The van der Waals surface area contributed by atoms with Gasteiger partial charge in [-0.2, -0.15) is 18.2 Å². The topological polar surface area (TPSA) is 76.9 Å². The van der Waals surface area contributed by atoms with E-state index in [1.165, 1.54) is 11.8 Å². The summed E-state index contributed by atoms with van der Waals surface area (Å²) in [6, 6.07) is 16.4. The normalized spacial score (nSPS) is 14.7. The first kappa shape index (κ1) is 30.4. The molecule has 4 aromatic rings. The highest BCUT2D eigenvalue weighted by atomic mass is 32.2. The van der Waals surface area contributed by atoms with Crippen LogP contribution >= 0.6 is 11.8 Å². The molecule has 0 bridgehead atoms. The summed E-state index contributed by atoms with van der Waals surface area (Å²) in [5, 5.41) is 10.6. The van der Waals surface area contributed by atoms with Crippen molar-refractivity contribution in [2.75, 3.05) is 25.4 Å². The van der Waals surface area contributed by atoms with Crippen LogP contribution in [0.15, 0.2) is 65.8 Å². The fourth-order valence-corrected chi connectivity index (χ4v) is 5.40. The van der Waals surface area contributed by atoms with E-state index in [-0.39, 0.29) is 48.4 Å². The lowest BCUT2D eigenvalue weighted by Crippen LogP contribution is -2.27. The number of ether oxygens (including phenoxy) is 3. The minimum Gasteiger partial charge on any atom is -0.497 e. The molecule has 1 aromatic heterocycles. The van der Waals surface area contributed by atoms with Crippen LogP contribution in [0.25, 0.3) is 0 Å². The molecule has 226 valence electrons. The van der Waals surface area contributed by atoms with Crippen molar-refractivity contribution < 1.29 is 36.9 Å². The van der Waals surface area contributed by atoms with Crippen molar-refractivity contribution >= 4 is 17.4 Å². The second-order valence-electron chi connectivity index (χ2n) is 9.87. The minimum absolute atomic E-state index is 0.0145. The number of rotatable bonds is 9. The van der Waals surface area contributed by atoms with Gasteiger partial charge in [0.1, 0.15) is 11.5 Å². The van der Waals surface area contributed by atoms with Crippen molar-refractivity contribution in [2.45, 2.75) is 43.6 Å². The summed E-state index contributed by atoms with van der Waals surface area (Å²) in [5.74, 6) is -0.0535. The van der Waals surface area contributed by atoms with E-state index in [1.807, 2.05) is 24.3 Å². The number of alkyl halides is 3. The molecule has 0 radical (unpaired) electrons. The first-order valence-electron chi connectivity index (χ1n) is 13.3. The quantitative estimate of drug-likeness (QED) is 0.121. The van der Waals surface area contributed by atoms with Gasteiger partial charge in [-0.3, -0.25) is 0 Å². The predicted molar refractivity (Wildman–Crippen MR) is 154 cm³/mol. The molecule has 1 unspecified atom stereocenters. The molecule has 43 heavy (non-hydrogen) atoms. The summed E-state index contributed by atoms with van der Waals surface area (Å²) in [5.41, 5.74) is 0.455. The monoisotopic (exact) mass is 615 g/mol. The van der Waals surface area contributed by atoms with Gasteiger partial charge in [0.15, 0.2) is 11.0 Å². The molecule has 0 saturated heterocycles. The van der Waals surface area contributed by atoms with Gasteiger partial charge in [-0.1, -0.05) is 36.0 Å². The molecule has 1 atom stereocenters. The highest BCUT2D eigenvalue weighted by Crippen LogP contribution is 2.44. The third kappa shape index (κ3) is 6.65. The van der Waals surface area contributed by atoms with Gasteiger partial charge in [-0.15, -0.1) is 0 Å². The molecule has 1 N–H and O–H groups in total. The van der Waals surface area contributed by atoms with Crippen molar-refractivity contribution in [2.24, 2.45) is 0 Å². The second-order valence-corrected chi connectivity index (χ2v) is 10.6. The fourth-order valence-electron chi connectivity index (χ4n) is 5.02. The number of fused-ring (bicyclic) bond motifs is 1. The van der Waals surface area contributed by atoms with Crippen molar-refractivity contribution in [3.8, 4) is 17.4 Å². The molecular weight excluding hydrogens is 586 g/mol. The van der Waals surface area contributed by atoms with E-state index in [4.69, 9.17) is 14.2 Å². The Kier molecular flexibility index (Phi) is 8.97. The molecule has 0 aliphatic carbocycles. The van der Waals surface area contributed by atoms with E-state index in [0.717, 1.165) is 23.3 Å². The molecule has 3 aromatic carbocycles. The van der Waals surface area contributed by atoms with Gasteiger partial charge < -0.3 is 24.2 Å². The lowest BCUT2D eigenvalue weighted by molar-refractivity contribution is -0.140. The zero-order valence-corrected chi connectivity index (χ0v) is 24.4. The summed E-state index contributed by atoms with van der Waals surface area (Å²) >= 11 is 1.18. The molecule has 12 heteroatoms. The van der Waals surface area contributed by atoms with Crippen LogP contribution < -0.4 is 14.4 Å². The lowest BCUT2D eigenvalue weighted by atomic mass is 9.93. The predicted octanol–water partition coefficient (Wildman–Crippen LogP) is 7.10. The van der Waals surface area contributed by atoms with Crippen molar-refractivity contribution in [3.05, 3.63) is 100.0 Å². The first-order valence-corrected chi connectivity index (χ1v) is 14.5. The molecule has 5 rings (SSSR count). The number of hydrogen-bond acceptors (Lipinski definition) is 8. The second kappa shape index (κ2) is 12.7. The van der Waals surface area contributed by atoms with E-state index in [1.54, 1.807) is 49.6 Å². The summed E-state index contributed by atoms with van der Waals surface area (Å²) < 4.78 is 75.7. The Bertz CT molecular complexity index is 1530. The summed E-state index contributed by atoms with van der Waals surface area (Å²) in [6.45, 7) is 0.136. The summed E-state index contributed by atoms with van der Waals surface area (Å²) in [4.78, 5) is 10.0. The van der Waals surface area contributed by atoms with Gasteiger partial charge in [0.05, 0.1) is 49.4 Å². The van der Waals surface area contributed by atoms with Gasteiger partial charge in [0.25, 0.3) is 0 Å². The highest BCUT2D eigenvalue weighted by Gasteiger charge is 2.40. The zero-order valence-electron chi connectivity index (χ0n) is 23.6. The summed E-state index contributed by atoms with van der Waals surface area (Å²) in [7, 11) is 3.09. The number of halogens is 4. The van der Waals surface area contributed by atoms with Crippen LogP contribution in [0.4, 0.5) is 23.2 Å². The van der Waals surface area contributed by atoms with E-state index in [9.17, 15) is 18.3 Å². The molecular formula is C31H29F4N3O4S. The number of benzene rings is 3. The molecule has 2 heterocycles. The Hall–Kier alpha value is -4.03. The van der Waals surface area contributed by atoms with Crippen LogP contribution in [0.5, 0.6) is 17.4 Å². The molecule has 0 saturated carbocycles. The van der Waals surface area contributed by atoms with Crippen LogP contribution in [-0.2, 0) is 37.0 Å². The Morgan fingerprint density at radius 1 is 0.930 bits per heavy atom. The third-order valence-electron chi connectivity index (χ3n) is 7.23. The Labute approximate surface area is 250 Å². The number of anilines is 1. The van der Waals surface area contributed by atoms with E-state index < -0.39 is 29.2 Å². The van der Waals surface area contributed by atoms with Crippen LogP contribution in [-0.4, -0.2) is 35.5 Å². The molecule has 1 aliphatic heterocycles. The Morgan fingerprint density at radius 2 is 1.51 bits per heavy atom. The Balaban J connectivity index is 1.58. The zero-order chi connectivity index (χ0) is 30.7. The van der Waals surface area contributed by atoms with Crippen molar-refractivity contribution in [3.63, 3.8) is 0 Å². The number of hydrogen-bond donors (Lipinski definition) is 1. The fraction of sp³-hybridized carbons (Fsp3) is 0.290. The lowest BCUT2D eigenvalue weighted by Gasteiger charge is -2.31. The number of methoxy groups -OCH3 is 2. The Morgan fingerprint density at radius 3 is 2.02 bits per heavy atom. The van der Waals surface area contributed by atoms with E-state index >= 15 is 4.39 Å². The van der Waals surface area contributed by atoms with Gasteiger partial charge >= 0.3 is 6.18 Å². The SMILES string of the molecule is COc1ccc(CN(Cc2ccc(OC)cc2)c2ccc(C(F)(F)F)c(C3Cc4nc(SC)nc(O)c4CO3)c2F)cc1. The number of aromatic hydroxyl groups is 1. The number of nitrogens with zero attached hydrogens (tertiary/aromatic N) is 3. The van der Waals surface area contributed by atoms with Crippen molar-refractivity contribution in [1.82, 2.24) is 9.97 Å². The molecule has 0 amide bonds. The van der Waals surface area contributed by atoms with Crippen molar-refractivity contribution in [1.29, 1.82) is 0 Å². The first-order chi connectivity index (χ1) is 20.6. The third-order valence-corrected chi connectivity index (χ3v) is 7.78. The maximum atomic E-state index is 16.6. The van der Waals surface area contributed by atoms with Crippen LogP contribution in [0.2, 0.25) is 0 Å². The van der Waals surface area contributed by atoms with Gasteiger partial charge in [0, 0.05) is 25.1 Å². The number of thioether (sulfide) groups is 1. The average Bonchev–Trinajstić information content (AvgIpc) is 3.00. The van der Waals surface area contributed by atoms with Crippen LogP contribution in [0.1, 0.15) is 39.6 Å². The molecule has 0 fully saturated rings. The van der Waals surface area contributed by atoms with Gasteiger partial charge in [-0.25, -0.2) is 9.37 Å². The van der Waals surface area contributed by atoms with Crippen LogP contribution in [0, 0.1) is 5.82 Å². The maximum absolute atomic E-state index is 16.6. The standard InChI is InChI=1S/C31H29F4N3O4S/c1-40-20-8-4-18(5-9-20)15-38(16-19-6-10-21(41-2)11-7-19)25-13-12-23(31(33,34)35)27(28(25)32)26-14-24-22(17-42-26)29(39)37-30(36-24)43-3/h4-13,26H,14-17H2,1-3H3,(H,36,37,39). The molecule has 1 aliphatic rings. The average molecular weight is 616 g/mol. The minimum atomic E-state index is -4.84. The number of aromatic nitrogens is 2. The molecule has 7 nitrogen and oxygen atoms in total. The maximum Gasteiger partial charge on any atom is 0.416 e. The van der Waals surface area contributed by atoms with E-state index in [0.29, 0.717) is 17.2 Å². The largest absolute Gasteiger partial charge is 0.497 e. The smallest absolute Gasteiger partial charge is 0.416 e. The van der Waals surface area contributed by atoms with Gasteiger partial charge in [0.2, 0.25) is 5.88 Å². The van der Waals surface area contributed by atoms with E-state index in [2.05, 4.69) is 9.97 Å². The highest BCUT2D eigenvalue weighted by molar-refractivity contribution is 7.98.